The highest BCUT2D eigenvalue weighted by Crippen LogP contribution is 2.34. The van der Waals surface area contributed by atoms with Gasteiger partial charge < -0.3 is 9.26 Å². The Morgan fingerprint density at radius 3 is 2.69 bits per heavy atom. The Kier molecular flexibility index (Phi) is 7.02. The van der Waals surface area contributed by atoms with Crippen LogP contribution in [0.15, 0.2) is 52.6 Å². The summed E-state index contributed by atoms with van der Waals surface area (Å²) in [4.78, 5) is 0. The second kappa shape index (κ2) is 9.23. The molecule has 138 valence electrons. The van der Waals surface area contributed by atoms with Crippen molar-refractivity contribution in [2.45, 2.75) is 47.0 Å². The monoisotopic (exact) mass is 351 g/mol. The van der Waals surface area contributed by atoms with E-state index < -0.39 is 0 Å². The molecule has 0 saturated carbocycles. The van der Waals surface area contributed by atoms with Gasteiger partial charge in [0.1, 0.15) is 5.75 Å². The molecule has 0 atom stereocenters. The third-order valence-electron chi connectivity index (χ3n) is 4.73. The highest BCUT2D eigenvalue weighted by atomic mass is 16.5. The zero-order chi connectivity index (χ0) is 19.1. The van der Waals surface area contributed by atoms with E-state index in [1.807, 2.05) is 18.2 Å². The summed E-state index contributed by atoms with van der Waals surface area (Å²) in [6.07, 6.45) is 8.99. The largest absolute Gasteiger partial charge is 0.496 e. The molecule has 0 aliphatic carbocycles. The lowest BCUT2D eigenvalue weighted by Gasteiger charge is -2.10. The summed E-state index contributed by atoms with van der Waals surface area (Å²) < 4.78 is 11.1. The number of benzene rings is 1. The van der Waals surface area contributed by atoms with E-state index in [9.17, 15) is 0 Å². The number of aryl methyl sites for hydroxylation is 2. The van der Waals surface area contributed by atoms with E-state index in [1.165, 1.54) is 11.1 Å². The van der Waals surface area contributed by atoms with E-state index in [1.54, 1.807) is 7.11 Å². The molecule has 1 aromatic carbocycles. The van der Waals surface area contributed by atoms with Crippen molar-refractivity contribution in [3.63, 3.8) is 0 Å². The Labute approximate surface area is 157 Å². The maximum Gasteiger partial charge on any atom is 0.170 e. The first-order valence-electron chi connectivity index (χ1n) is 9.10. The molecule has 0 unspecified atom stereocenters. The number of hydrogen-bond acceptors (Lipinski definition) is 3. The molecular formula is C23H29NO2. The Hall–Kier alpha value is -2.55. The van der Waals surface area contributed by atoms with E-state index in [-0.39, 0.29) is 0 Å². The van der Waals surface area contributed by atoms with Gasteiger partial charge >= 0.3 is 0 Å². The van der Waals surface area contributed by atoms with Gasteiger partial charge in [-0.2, -0.15) is 0 Å². The fourth-order valence-corrected chi connectivity index (χ4v) is 2.68. The maximum atomic E-state index is 5.57. The van der Waals surface area contributed by atoms with Crippen LogP contribution in [-0.4, -0.2) is 12.3 Å². The molecule has 2 aromatic rings. The van der Waals surface area contributed by atoms with Crippen LogP contribution in [0.25, 0.3) is 17.4 Å². The fraction of sp³-hybridized carbons (Fsp3) is 0.348. The maximum absolute atomic E-state index is 5.57. The van der Waals surface area contributed by atoms with Gasteiger partial charge in [-0.1, -0.05) is 41.5 Å². The van der Waals surface area contributed by atoms with Crippen LogP contribution in [0.3, 0.4) is 0 Å². The summed E-state index contributed by atoms with van der Waals surface area (Å²) in [6, 6.07) is 6.14. The van der Waals surface area contributed by atoms with Crippen molar-refractivity contribution in [3.8, 4) is 17.1 Å². The molecule has 0 saturated heterocycles. The van der Waals surface area contributed by atoms with Crippen molar-refractivity contribution in [2.24, 2.45) is 0 Å². The quantitative estimate of drug-likeness (QED) is 0.400. The number of allylic oxidation sites excluding steroid dienone is 4. The van der Waals surface area contributed by atoms with Crippen LogP contribution in [0.2, 0.25) is 0 Å². The van der Waals surface area contributed by atoms with Gasteiger partial charge in [0.2, 0.25) is 0 Å². The molecule has 0 fully saturated rings. The lowest BCUT2D eigenvalue weighted by Crippen LogP contribution is -1.91. The first kappa shape index (κ1) is 19.8. The molecule has 3 heteroatoms. The molecule has 0 radical (unpaired) electrons. The number of rotatable bonds is 8. The predicted octanol–water partition coefficient (Wildman–Crippen LogP) is 6.54. The number of methoxy groups -OCH3 is 1. The summed E-state index contributed by atoms with van der Waals surface area (Å²) in [5.41, 5.74) is 6.86. The molecule has 3 nitrogen and oxygen atoms in total. The van der Waals surface area contributed by atoms with Crippen LogP contribution >= 0.6 is 0 Å². The van der Waals surface area contributed by atoms with Crippen LogP contribution in [0.4, 0.5) is 0 Å². The number of nitrogens with zero attached hydrogens (tertiary/aromatic N) is 1. The van der Waals surface area contributed by atoms with E-state index in [2.05, 4.69) is 57.6 Å². The number of hydrogen-bond donors (Lipinski definition) is 0. The average molecular weight is 351 g/mol. The van der Waals surface area contributed by atoms with E-state index >= 15 is 0 Å². The zero-order valence-electron chi connectivity index (χ0n) is 16.6. The minimum absolute atomic E-state index is 0.729. The van der Waals surface area contributed by atoms with Crippen LogP contribution < -0.4 is 4.74 Å². The van der Waals surface area contributed by atoms with Crippen LogP contribution in [0.1, 0.15) is 50.4 Å². The molecule has 0 bridgehead atoms. The topological polar surface area (TPSA) is 35.3 Å². The summed E-state index contributed by atoms with van der Waals surface area (Å²) in [5, 5.41) is 4.16. The van der Waals surface area contributed by atoms with Gasteiger partial charge in [0, 0.05) is 6.07 Å². The van der Waals surface area contributed by atoms with Crippen molar-refractivity contribution in [3.05, 3.63) is 64.9 Å². The smallest absolute Gasteiger partial charge is 0.170 e. The third kappa shape index (κ3) is 4.75. The van der Waals surface area contributed by atoms with Gasteiger partial charge in [0.15, 0.2) is 5.76 Å². The molecule has 1 aromatic heterocycles. The standard InChI is InChI=1S/C23H29NO2/c1-7-9-10-20-15-23(26-24-20)21-14-19(18(5)13-22(21)25-6)12-11-17(4)16(3)8-2/h7,11-15H,1,8-10H2,2-6H3/b12-11-,17-16?. The van der Waals surface area contributed by atoms with E-state index in [0.717, 1.165) is 53.2 Å². The van der Waals surface area contributed by atoms with Crippen molar-refractivity contribution in [1.82, 2.24) is 5.16 Å². The summed E-state index contributed by atoms with van der Waals surface area (Å²) in [7, 11) is 1.68. The minimum atomic E-state index is 0.729. The Morgan fingerprint density at radius 1 is 1.27 bits per heavy atom. The lowest BCUT2D eigenvalue weighted by molar-refractivity contribution is 0.403. The van der Waals surface area contributed by atoms with E-state index in [0.29, 0.717) is 0 Å². The van der Waals surface area contributed by atoms with Crippen LogP contribution in [0.5, 0.6) is 5.75 Å². The molecule has 0 spiro atoms. The van der Waals surface area contributed by atoms with E-state index in [4.69, 9.17) is 9.26 Å². The second-order valence-electron chi connectivity index (χ2n) is 6.57. The van der Waals surface area contributed by atoms with Crippen molar-refractivity contribution in [1.29, 1.82) is 0 Å². The molecule has 26 heavy (non-hydrogen) atoms. The summed E-state index contributed by atoms with van der Waals surface area (Å²) in [5.74, 6) is 1.52. The van der Waals surface area contributed by atoms with Crippen LogP contribution in [-0.2, 0) is 6.42 Å². The normalized spacial score (nSPS) is 12.3. The Balaban J connectivity index is 2.41. The Morgan fingerprint density at radius 2 is 2.04 bits per heavy atom. The third-order valence-corrected chi connectivity index (χ3v) is 4.73. The average Bonchev–Trinajstić information content (AvgIpc) is 3.12. The molecule has 0 amide bonds. The highest BCUT2D eigenvalue weighted by molar-refractivity contribution is 5.72. The van der Waals surface area contributed by atoms with Gasteiger partial charge in [0.05, 0.1) is 18.4 Å². The van der Waals surface area contributed by atoms with Crippen molar-refractivity contribution < 1.29 is 9.26 Å². The molecular weight excluding hydrogens is 322 g/mol. The van der Waals surface area contributed by atoms with Gasteiger partial charge in [-0.3, -0.25) is 0 Å². The molecule has 0 aliphatic heterocycles. The Bertz CT molecular complexity index is 825. The SMILES string of the molecule is C=CCCc1cc(-c2cc(/C=C\C(C)=C(C)CC)c(C)cc2OC)on1. The summed E-state index contributed by atoms with van der Waals surface area (Å²) in [6.45, 7) is 12.3. The zero-order valence-corrected chi connectivity index (χ0v) is 16.6. The van der Waals surface area contributed by atoms with Crippen molar-refractivity contribution in [2.75, 3.05) is 7.11 Å². The van der Waals surface area contributed by atoms with Crippen LogP contribution in [0, 0.1) is 6.92 Å². The minimum Gasteiger partial charge on any atom is -0.496 e. The van der Waals surface area contributed by atoms with Gasteiger partial charge in [-0.15, -0.1) is 6.58 Å². The molecule has 0 N–H and O–H groups in total. The fourth-order valence-electron chi connectivity index (χ4n) is 2.68. The predicted molar refractivity (Wildman–Crippen MR) is 109 cm³/mol. The molecule has 1 heterocycles. The number of ether oxygens (including phenoxy) is 1. The molecule has 2 rings (SSSR count). The first-order chi connectivity index (χ1) is 12.5. The number of aromatic nitrogens is 1. The highest BCUT2D eigenvalue weighted by Gasteiger charge is 2.14. The second-order valence-corrected chi connectivity index (χ2v) is 6.57. The van der Waals surface area contributed by atoms with Gasteiger partial charge in [-0.25, -0.2) is 0 Å². The van der Waals surface area contributed by atoms with Crippen molar-refractivity contribution >= 4 is 6.08 Å². The molecule has 0 aliphatic rings. The summed E-state index contributed by atoms with van der Waals surface area (Å²) >= 11 is 0. The lowest BCUT2D eigenvalue weighted by atomic mass is 10.00. The van der Waals surface area contributed by atoms with Gasteiger partial charge in [0.25, 0.3) is 0 Å². The first-order valence-corrected chi connectivity index (χ1v) is 9.10. The van der Waals surface area contributed by atoms with Gasteiger partial charge in [-0.05, 0) is 63.3 Å².